The molecule has 0 aliphatic heterocycles. The molecule has 2 aromatic heterocycles. The van der Waals surface area contributed by atoms with Gasteiger partial charge in [0.1, 0.15) is 0 Å². The van der Waals surface area contributed by atoms with E-state index in [-0.39, 0.29) is 0 Å². The number of rotatable bonds is 5. The SMILES string of the molecule is CCn1c2ccccc2c2cc(/C=C/c3ccc(OC)nc3OC)ccc21. The van der Waals surface area contributed by atoms with Crippen molar-refractivity contribution in [2.45, 2.75) is 13.5 Å². The molecule has 0 saturated carbocycles. The first-order valence-electron chi connectivity index (χ1n) is 9.03. The van der Waals surface area contributed by atoms with Crippen molar-refractivity contribution in [3.05, 3.63) is 65.7 Å². The molecular formula is C23H22N2O2. The molecule has 4 heteroatoms. The topological polar surface area (TPSA) is 36.3 Å². The molecule has 4 aromatic rings. The fourth-order valence-corrected chi connectivity index (χ4v) is 3.54. The van der Waals surface area contributed by atoms with E-state index in [9.17, 15) is 0 Å². The Morgan fingerprint density at radius 3 is 2.48 bits per heavy atom. The van der Waals surface area contributed by atoms with E-state index in [0.717, 1.165) is 17.7 Å². The van der Waals surface area contributed by atoms with Crippen LogP contribution in [0.5, 0.6) is 11.8 Å². The molecule has 4 nitrogen and oxygen atoms in total. The number of methoxy groups -OCH3 is 2. The lowest BCUT2D eigenvalue weighted by molar-refractivity contribution is 0.364. The third kappa shape index (κ3) is 3.04. The van der Waals surface area contributed by atoms with Gasteiger partial charge in [-0.1, -0.05) is 30.3 Å². The van der Waals surface area contributed by atoms with E-state index in [0.29, 0.717) is 11.8 Å². The Kier molecular flexibility index (Phi) is 4.55. The summed E-state index contributed by atoms with van der Waals surface area (Å²) in [6.07, 6.45) is 4.11. The van der Waals surface area contributed by atoms with Crippen LogP contribution in [-0.2, 0) is 6.54 Å². The Morgan fingerprint density at radius 1 is 0.889 bits per heavy atom. The molecule has 4 rings (SSSR count). The van der Waals surface area contributed by atoms with Gasteiger partial charge in [-0.25, -0.2) is 0 Å². The molecule has 0 spiro atoms. The molecule has 0 N–H and O–H groups in total. The smallest absolute Gasteiger partial charge is 0.223 e. The van der Waals surface area contributed by atoms with Gasteiger partial charge in [-0.15, -0.1) is 0 Å². The van der Waals surface area contributed by atoms with Crippen molar-refractivity contribution in [2.75, 3.05) is 14.2 Å². The summed E-state index contributed by atoms with van der Waals surface area (Å²) in [4.78, 5) is 4.33. The van der Waals surface area contributed by atoms with Gasteiger partial charge in [0.25, 0.3) is 0 Å². The number of hydrogen-bond donors (Lipinski definition) is 0. The zero-order valence-electron chi connectivity index (χ0n) is 15.8. The fraction of sp³-hybridized carbons (Fsp3) is 0.174. The Hall–Kier alpha value is -3.27. The molecular weight excluding hydrogens is 336 g/mol. The molecule has 0 amide bonds. The molecule has 0 bridgehead atoms. The van der Waals surface area contributed by atoms with E-state index in [4.69, 9.17) is 9.47 Å². The highest BCUT2D eigenvalue weighted by molar-refractivity contribution is 6.08. The first kappa shape index (κ1) is 17.2. The summed E-state index contributed by atoms with van der Waals surface area (Å²) in [5.41, 5.74) is 4.59. The molecule has 2 heterocycles. The fourth-order valence-electron chi connectivity index (χ4n) is 3.54. The van der Waals surface area contributed by atoms with Gasteiger partial charge in [-0.2, -0.15) is 4.98 Å². The van der Waals surface area contributed by atoms with Gasteiger partial charge < -0.3 is 14.0 Å². The van der Waals surface area contributed by atoms with Crippen LogP contribution in [-0.4, -0.2) is 23.8 Å². The molecule has 27 heavy (non-hydrogen) atoms. The van der Waals surface area contributed by atoms with Gasteiger partial charge >= 0.3 is 0 Å². The van der Waals surface area contributed by atoms with Crippen LogP contribution in [0.1, 0.15) is 18.1 Å². The Balaban J connectivity index is 1.77. The first-order valence-corrected chi connectivity index (χ1v) is 9.03. The minimum absolute atomic E-state index is 0.540. The lowest BCUT2D eigenvalue weighted by Crippen LogP contribution is -1.94. The Bertz CT molecular complexity index is 1140. The quantitative estimate of drug-likeness (QED) is 0.479. The second-order valence-corrected chi connectivity index (χ2v) is 6.32. The molecule has 136 valence electrons. The van der Waals surface area contributed by atoms with Crippen molar-refractivity contribution in [2.24, 2.45) is 0 Å². The standard InChI is InChI=1S/C23H22N2O2/c1-4-25-20-8-6-5-7-18(20)19-15-16(10-13-21(19)25)9-11-17-12-14-22(26-2)24-23(17)27-3/h5-15H,4H2,1-3H3/b11-9+. The third-order valence-electron chi connectivity index (χ3n) is 4.83. The number of fused-ring (bicyclic) bond motifs is 3. The summed E-state index contributed by atoms with van der Waals surface area (Å²) in [6.45, 7) is 3.14. The van der Waals surface area contributed by atoms with Crippen LogP contribution in [0.15, 0.2) is 54.6 Å². The summed E-state index contributed by atoms with van der Waals surface area (Å²) in [5.74, 6) is 1.09. The minimum atomic E-state index is 0.540. The molecule has 0 atom stereocenters. The Morgan fingerprint density at radius 2 is 1.70 bits per heavy atom. The van der Waals surface area contributed by atoms with Crippen LogP contribution in [0, 0.1) is 0 Å². The van der Waals surface area contributed by atoms with E-state index >= 15 is 0 Å². The number of nitrogens with zero attached hydrogens (tertiary/aromatic N) is 2. The highest BCUT2D eigenvalue weighted by Gasteiger charge is 2.09. The average Bonchev–Trinajstić information content (AvgIpc) is 3.05. The number of benzene rings is 2. The van der Waals surface area contributed by atoms with E-state index < -0.39 is 0 Å². The van der Waals surface area contributed by atoms with Crippen molar-refractivity contribution in [3.63, 3.8) is 0 Å². The molecule has 0 aliphatic rings. The van der Waals surface area contributed by atoms with E-state index in [1.807, 2.05) is 18.2 Å². The van der Waals surface area contributed by atoms with Gasteiger partial charge in [-0.05, 0) is 42.8 Å². The molecule has 2 aromatic carbocycles. The molecule has 0 aliphatic carbocycles. The second-order valence-electron chi connectivity index (χ2n) is 6.32. The zero-order valence-corrected chi connectivity index (χ0v) is 15.8. The van der Waals surface area contributed by atoms with Gasteiger partial charge in [0.2, 0.25) is 11.8 Å². The summed E-state index contributed by atoms with van der Waals surface area (Å²) in [7, 11) is 3.21. The molecule has 0 fully saturated rings. The van der Waals surface area contributed by atoms with Gasteiger partial charge in [0.05, 0.1) is 14.2 Å². The normalized spacial score (nSPS) is 11.5. The summed E-state index contributed by atoms with van der Waals surface area (Å²) in [5, 5.41) is 2.56. The maximum atomic E-state index is 5.38. The minimum Gasteiger partial charge on any atom is -0.481 e. The predicted octanol–water partition coefficient (Wildman–Crippen LogP) is 5.40. The number of ether oxygens (including phenoxy) is 2. The summed E-state index contributed by atoms with van der Waals surface area (Å²) < 4.78 is 12.9. The van der Waals surface area contributed by atoms with E-state index in [2.05, 4.69) is 65.0 Å². The highest BCUT2D eigenvalue weighted by Crippen LogP contribution is 2.30. The third-order valence-corrected chi connectivity index (χ3v) is 4.83. The largest absolute Gasteiger partial charge is 0.481 e. The maximum absolute atomic E-state index is 5.38. The van der Waals surface area contributed by atoms with Crippen molar-refractivity contribution >= 4 is 34.0 Å². The number of hydrogen-bond acceptors (Lipinski definition) is 3. The lowest BCUT2D eigenvalue weighted by atomic mass is 10.1. The van der Waals surface area contributed by atoms with Crippen LogP contribution in [0.2, 0.25) is 0 Å². The van der Waals surface area contributed by atoms with E-state index in [1.165, 1.54) is 21.8 Å². The monoisotopic (exact) mass is 358 g/mol. The zero-order chi connectivity index (χ0) is 18.8. The molecule has 0 radical (unpaired) electrons. The number of para-hydroxylation sites is 1. The average molecular weight is 358 g/mol. The maximum Gasteiger partial charge on any atom is 0.223 e. The predicted molar refractivity (Wildman–Crippen MR) is 111 cm³/mol. The van der Waals surface area contributed by atoms with Gasteiger partial charge in [-0.3, -0.25) is 0 Å². The van der Waals surface area contributed by atoms with Crippen molar-refractivity contribution < 1.29 is 9.47 Å². The van der Waals surface area contributed by atoms with Crippen LogP contribution < -0.4 is 9.47 Å². The Labute approximate surface area is 158 Å². The van der Waals surface area contributed by atoms with Crippen molar-refractivity contribution in [3.8, 4) is 11.8 Å². The number of pyridine rings is 1. The first-order chi connectivity index (χ1) is 13.2. The van der Waals surface area contributed by atoms with Gasteiger partial charge in [0, 0.05) is 40.0 Å². The summed E-state index contributed by atoms with van der Waals surface area (Å²) in [6, 6.07) is 18.9. The van der Waals surface area contributed by atoms with Crippen molar-refractivity contribution in [1.29, 1.82) is 0 Å². The number of aryl methyl sites for hydroxylation is 1. The molecule has 0 unspecified atom stereocenters. The summed E-state index contributed by atoms with van der Waals surface area (Å²) >= 11 is 0. The van der Waals surface area contributed by atoms with E-state index in [1.54, 1.807) is 14.2 Å². The number of aromatic nitrogens is 2. The highest BCUT2D eigenvalue weighted by atomic mass is 16.5. The second kappa shape index (κ2) is 7.16. The molecule has 0 saturated heterocycles. The van der Waals surface area contributed by atoms with Crippen molar-refractivity contribution in [1.82, 2.24) is 9.55 Å². The van der Waals surface area contributed by atoms with Crippen LogP contribution in [0.3, 0.4) is 0 Å². The lowest BCUT2D eigenvalue weighted by Gasteiger charge is -2.06. The van der Waals surface area contributed by atoms with Crippen LogP contribution in [0.4, 0.5) is 0 Å². The van der Waals surface area contributed by atoms with Crippen LogP contribution >= 0.6 is 0 Å². The van der Waals surface area contributed by atoms with Gasteiger partial charge in [0.15, 0.2) is 0 Å². The van der Waals surface area contributed by atoms with Crippen LogP contribution in [0.25, 0.3) is 34.0 Å².